The molecule has 1 aromatic rings. The first kappa shape index (κ1) is 16.5. The summed E-state index contributed by atoms with van der Waals surface area (Å²) in [7, 11) is 1.83. The van der Waals surface area contributed by atoms with E-state index in [4.69, 9.17) is 4.74 Å². The fourth-order valence-electron chi connectivity index (χ4n) is 2.90. The van der Waals surface area contributed by atoms with Crippen molar-refractivity contribution in [2.75, 3.05) is 26.7 Å². The monoisotopic (exact) mass is 290 g/mol. The van der Waals surface area contributed by atoms with E-state index in [1.807, 2.05) is 7.11 Å². The Labute approximate surface area is 129 Å². The molecule has 3 nitrogen and oxygen atoms in total. The Hall–Kier alpha value is -0.900. The van der Waals surface area contributed by atoms with E-state index >= 15 is 0 Å². The van der Waals surface area contributed by atoms with Crippen LogP contribution in [0.25, 0.3) is 0 Å². The van der Waals surface area contributed by atoms with Gasteiger partial charge in [0.1, 0.15) is 0 Å². The molecule has 2 rings (SSSR count). The van der Waals surface area contributed by atoms with Gasteiger partial charge in [0, 0.05) is 33.3 Å². The van der Waals surface area contributed by atoms with Crippen LogP contribution in [0.5, 0.6) is 0 Å². The highest BCUT2D eigenvalue weighted by molar-refractivity contribution is 5.23. The highest BCUT2D eigenvalue weighted by atomic mass is 16.5. The van der Waals surface area contributed by atoms with Crippen LogP contribution >= 0.6 is 0 Å². The number of nitrogens with one attached hydrogen (secondary N) is 1. The van der Waals surface area contributed by atoms with Crippen LogP contribution in [0.2, 0.25) is 0 Å². The van der Waals surface area contributed by atoms with Crippen molar-refractivity contribution in [3.8, 4) is 0 Å². The molecule has 1 aliphatic heterocycles. The number of likely N-dealkylation sites (tertiary alicyclic amines) is 1. The Morgan fingerprint density at radius 1 is 1.24 bits per heavy atom. The van der Waals surface area contributed by atoms with Gasteiger partial charge in [-0.05, 0) is 36.4 Å². The molecule has 0 aromatic heterocycles. The van der Waals surface area contributed by atoms with Gasteiger partial charge in [0.15, 0.2) is 0 Å². The van der Waals surface area contributed by atoms with Crippen molar-refractivity contribution in [1.82, 2.24) is 10.2 Å². The molecule has 0 amide bonds. The van der Waals surface area contributed by atoms with Crippen molar-refractivity contribution in [3.05, 3.63) is 35.4 Å². The maximum atomic E-state index is 5.44. The molecule has 0 aliphatic carbocycles. The smallest absolute Gasteiger partial charge is 0.0595 e. The topological polar surface area (TPSA) is 24.5 Å². The predicted octanol–water partition coefficient (Wildman–Crippen LogP) is 3.04. The Morgan fingerprint density at radius 3 is 2.62 bits per heavy atom. The predicted molar refractivity (Wildman–Crippen MR) is 88.3 cm³/mol. The minimum absolute atomic E-state index is 0.466. The highest BCUT2D eigenvalue weighted by Crippen LogP contribution is 2.16. The van der Waals surface area contributed by atoms with Gasteiger partial charge in [0.05, 0.1) is 6.10 Å². The lowest BCUT2D eigenvalue weighted by molar-refractivity contribution is 0.0388. The normalized spacial score (nSPS) is 17.5. The lowest BCUT2D eigenvalue weighted by Crippen LogP contribution is -2.36. The lowest BCUT2D eigenvalue weighted by atomic mass is 10.1. The first-order valence-corrected chi connectivity index (χ1v) is 8.21. The Bertz CT molecular complexity index is 411. The van der Waals surface area contributed by atoms with Gasteiger partial charge in [-0.25, -0.2) is 0 Å². The molecule has 1 heterocycles. The van der Waals surface area contributed by atoms with E-state index in [2.05, 4.69) is 48.3 Å². The first-order chi connectivity index (χ1) is 10.2. The summed E-state index contributed by atoms with van der Waals surface area (Å²) in [5.41, 5.74) is 2.81. The number of ether oxygens (including phenoxy) is 1. The Morgan fingerprint density at radius 2 is 1.95 bits per heavy atom. The zero-order valence-electron chi connectivity index (χ0n) is 13.8. The van der Waals surface area contributed by atoms with E-state index in [0.29, 0.717) is 12.0 Å². The number of methoxy groups -OCH3 is 1. The molecular formula is C18H30N2O. The summed E-state index contributed by atoms with van der Waals surface area (Å²) < 4.78 is 5.44. The molecule has 1 saturated heterocycles. The van der Waals surface area contributed by atoms with Crippen LogP contribution in [0.3, 0.4) is 0 Å². The summed E-state index contributed by atoms with van der Waals surface area (Å²) in [4.78, 5) is 2.54. The van der Waals surface area contributed by atoms with Crippen LogP contribution in [-0.4, -0.2) is 37.7 Å². The average molecular weight is 290 g/mol. The van der Waals surface area contributed by atoms with Crippen molar-refractivity contribution in [2.45, 2.75) is 45.9 Å². The van der Waals surface area contributed by atoms with Crippen LogP contribution in [-0.2, 0) is 17.8 Å². The highest BCUT2D eigenvalue weighted by Gasteiger charge is 2.18. The molecule has 0 saturated carbocycles. The van der Waals surface area contributed by atoms with Crippen molar-refractivity contribution in [3.63, 3.8) is 0 Å². The van der Waals surface area contributed by atoms with Crippen LogP contribution in [0.4, 0.5) is 0 Å². The van der Waals surface area contributed by atoms with Crippen molar-refractivity contribution in [1.29, 1.82) is 0 Å². The van der Waals surface area contributed by atoms with Crippen LogP contribution in [0.15, 0.2) is 24.3 Å². The largest absolute Gasteiger partial charge is 0.381 e. The number of nitrogens with zero attached hydrogens (tertiary/aromatic N) is 1. The van der Waals surface area contributed by atoms with Crippen molar-refractivity contribution < 1.29 is 4.74 Å². The fourth-order valence-corrected chi connectivity index (χ4v) is 2.90. The number of rotatable bonds is 7. The van der Waals surface area contributed by atoms with E-state index in [9.17, 15) is 0 Å². The number of hydrogen-bond donors (Lipinski definition) is 1. The molecule has 3 heteroatoms. The van der Waals surface area contributed by atoms with E-state index in [1.54, 1.807) is 0 Å². The molecule has 0 spiro atoms. The molecule has 1 N–H and O–H groups in total. The van der Waals surface area contributed by atoms with E-state index < -0.39 is 0 Å². The molecule has 1 aliphatic rings. The number of hydrogen-bond acceptors (Lipinski definition) is 3. The van der Waals surface area contributed by atoms with Gasteiger partial charge in [-0.1, -0.05) is 38.1 Å². The molecule has 21 heavy (non-hydrogen) atoms. The minimum atomic E-state index is 0.466. The third-order valence-corrected chi connectivity index (χ3v) is 4.15. The maximum Gasteiger partial charge on any atom is 0.0595 e. The van der Waals surface area contributed by atoms with Crippen LogP contribution in [0, 0.1) is 5.92 Å². The standard InChI is InChI=1S/C18H30N2O/c1-15(2)12-19-13-16-5-4-6-17(11-16)14-20-9-7-18(21-3)8-10-20/h4-6,11,15,18-19H,7-10,12-14H2,1-3H3. The molecule has 1 fully saturated rings. The number of piperidine rings is 1. The van der Waals surface area contributed by atoms with Gasteiger partial charge < -0.3 is 10.1 Å². The second-order valence-electron chi connectivity index (χ2n) is 6.56. The second kappa shape index (κ2) is 8.52. The summed E-state index contributed by atoms with van der Waals surface area (Å²) in [6, 6.07) is 8.99. The van der Waals surface area contributed by atoms with Gasteiger partial charge in [-0.15, -0.1) is 0 Å². The van der Waals surface area contributed by atoms with Crippen molar-refractivity contribution >= 4 is 0 Å². The molecule has 1 aromatic carbocycles. The van der Waals surface area contributed by atoms with Gasteiger partial charge in [0.2, 0.25) is 0 Å². The first-order valence-electron chi connectivity index (χ1n) is 8.21. The Balaban J connectivity index is 1.81. The maximum absolute atomic E-state index is 5.44. The molecule has 118 valence electrons. The minimum Gasteiger partial charge on any atom is -0.381 e. The zero-order valence-corrected chi connectivity index (χ0v) is 13.8. The Kier molecular flexibility index (Phi) is 6.68. The summed E-state index contributed by atoms with van der Waals surface area (Å²) in [6.45, 7) is 9.89. The van der Waals surface area contributed by atoms with Crippen LogP contribution < -0.4 is 5.32 Å². The molecule has 0 unspecified atom stereocenters. The third kappa shape index (κ3) is 5.77. The lowest BCUT2D eigenvalue weighted by Gasteiger charge is -2.31. The second-order valence-corrected chi connectivity index (χ2v) is 6.56. The van der Waals surface area contributed by atoms with E-state index in [1.165, 1.54) is 11.1 Å². The molecule has 0 radical (unpaired) electrons. The zero-order chi connectivity index (χ0) is 15.1. The third-order valence-electron chi connectivity index (χ3n) is 4.15. The SMILES string of the molecule is COC1CCN(Cc2cccc(CNCC(C)C)c2)CC1. The molecule has 0 bridgehead atoms. The van der Waals surface area contributed by atoms with Gasteiger partial charge in [-0.2, -0.15) is 0 Å². The van der Waals surface area contributed by atoms with E-state index in [0.717, 1.165) is 45.6 Å². The average Bonchev–Trinajstić information content (AvgIpc) is 2.48. The van der Waals surface area contributed by atoms with Gasteiger partial charge >= 0.3 is 0 Å². The number of benzene rings is 1. The van der Waals surface area contributed by atoms with Gasteiger partial charge in [-0.3, -0.25) is 4.90 Å². The summed E-state index contributed by atoms with van der Waals surface area (Å²) in [6.07, 6.45) is 2.78. The van der Waals surface area contributed by atoms with Crippen molar-refractivity contribution in [2.24, 2.45) is 5.92 Å². The summed E-state index contributed by atoms with van der Waals surface area (Å²) in [5, 5.41) is 3.52. The quantitative estimate of drug-likeness (QED) is 0.835. The fraction of sp³-hybridized carbons (Fsp3) is 0.667. The summed E-state index contributed by atoms with van der Waals surface area (Å²) in [5.74, 6) is 0.704. The van der Waals surface area contributed by atoms with Gasteiger partial charge in [0.25, 0.3) is 0 Å². The molecule has 0 atom stereocenters. The van der Waals surface area contributed by atoms with E-state index in [-0.39, 0.29) is 0 Å². The summed E-state index contributed by atoms with van der Waals surface area (Å²) >= 11 is 0. The van der Waals surface area contributed by atoms with Crippen LogP contribution in [0.1, 0.15) is 37.8 Å². The molecular weight excluding hydrogens is 260 g/mol.